The highest BCUT2D eigenvalue weighted by Crippen LogP contribution is 2.22. The molecule has 0 amide bonds. The largest absolute Gasteiger partial charge is 0.381 e. The van der Waals surface area contributed by atoms with Crippen molar-refractivity contribution in [3.63, 3.8) is 0 Å². The summed E-state index contributed by atoms with van der Waals surface area (Å²) < 4.78 is 5.98. The molecule has 39 heavy (non-hydrogen) atoms. The minimum Gasteiger partial charge on any atom is -0.381 e. The Balaban J connectivity index is 3.95. The second-order valence-corrected chi connectivity index (χ2v) is 13.1. The van der Waals surface area contributed by atoms with Crippen molar-refractivity contribution in [2.24, 2.45) is 11.8 Å². The number of hydrogen-bond donors (Lipinski definition) is 2. The van der Waals surface area contributed by atoms with Crippen molar-refractivity contribution in [1.29, 1.82) is 0 Å². The predicted molar refractivity (Wildman–Crippen MR) is 177 cm³/mol. The first-order valence-corrected chi connectivity index (χ1v) is 17.9. The molecule has 0 aliphatic carbocycles. The molecule has 0 bridgehead atoms. The lowest BCUT2D eigenvalue weighted by atomic mass is 9.94. The zero-order chi connectivity index (χ0) is 28.8. The van der Waals surface area contributed by atoms with E-state index < -0.39 is 0 Å². The minimum atomic E-state index is -0.00377. The highest BCUT2D eigenvalue weighted by atomic mass is 32.1. The van der Waals surface area contributed by atoms with E-state index in [0.29, 0.717) is 37.9 Å². The molecule has 0 heterocycles. The lowest BCUT2D eigenvalue weighted by Crippen LogP contribution is -2.12. The fourth-order valence-corrected chi connectivity index (χ4v) is 6.15. The fourth-order valence-electron chi connectivity index (χ4n) is 5.63. The second-order valence-electron chi connectivity index (χ2n) is 12.1. The Morgan fingerprint density at radius 1 is 0.462 bits per heavy atom. The summed E-state index contributed by atoms with van der Waals surface area (Å²) in [7, 11) is 0. The van der Waals surface area contributed by atoms with Crippen LogP contribution in [-0.2, 0) is 14.3 Å². The molecular weight excluding hydrogens is 521 g/mol. The van der Waals surface area contributed by atoms with Gasteiger partial charge in [0.15, 0.2) is 10.2 Å². The number of thiol groups is 2. The maximum absolute atomic E-state index is 11.6. The van der Waals surface area contributed by atoms with Gasteiger partial charge >= 0.3 is 0 Å². The first kappa shape index (κ1) is 39.0. The molecule has 0 aliphatic rings. The summed E-state index contributed by atoms with van der Waals surface area (Å²) in [5, 5.41) is -0.00754. The molecule has 0 rings (SSSR count). The van der Waals surface area contributed by atoms with Crippen molar-refractivity contribution >= 4 is 35.5 Å². The third-order valence-electron chi connectivity index (χ3n) is 8.20. The molecule has 0 fully saturated rings. The number of carbonyl (C=O) groups excluding carboxylic acids is 2. The van der Waals surface area contributed by atoms with Gasteiger partial charge in [0, 0.05) is 26.1 Å². The van der Waals surface area contributed by atoms with E-state index in [1.54, 1.807) is 0 Å². The summed E-state index contributed by atoms with van der Waals surface area (Å²) in [5.41, 5.74) is 0. The van der Waals surface area contributed by atoms with Crippen LogP contribution >= 0.6 is 25.3 Å². The number of rotatable bonds is 32. The Morgan fingerprint density at radius 3 is 1.03 bits per heavy atom. The molecule has 0 N–H and O–H groups in total. The van der Waals surface area contributed by atoms with Gasteiger partial charge in [-0.25, -0.2) is 0 Å². The summed E-state index contributed by atoms with van der Waals surface area (Å²) >= 11 is 8.09. The van der Waals surface area contributed by atoms with E-state index in [1.165, 1.54) is 128 Å². The Kier molecular flexibility index (Phi) is 30.9. The Morgan fingerprint density at radius 2 is 0.744 bits per heavy atom. The van der Waals surface area contributed by atoms with Crippen LogP contribution in [0, 0.1) is 11.8 Å². The molecule has 0 aliphatic heterocycles. The van der Waals surface area contributed by atoms with Crippen molar-refractivity contribution in [1.82, 2.24) is 0 Å². The highest BCUT2D eigenvalue weighted by molar-refractivity contribution is 7.96. The topological polar surface area (TPSA) is 43.4 Å². The molecule has 0 saturated carbocycles. The molecule has 0 radical (unpaired) electrons. The molecule has 0 aromatic carbocycles. The molecular formula is C34H66O3S2. The standard InChI is InChI=1S/C34H66O3S2/c1-3-5-7-9-11-13-15-17-19-21-23-31(29-33(35)38)25-27-37-28-26-32(30-34(36)39)24-22-20-18-16-14-12-10-8-6-4-2/h31-32H,3-30H2,1-2H3,(H,35,38)(H,36,39). The third kappa shape index (κ3) is 30.8. The van der Waals surface area contributed by atoms with Crippen molar-refractivity contribution in [2.75, 3.05) is 13.2 Å². The van der Waals surface area contributed by atoms with Crippen LogP contribution in [-0.4, -0.2) is 23.4 Å². The molecule has 2 atom stereocenters. The quantitative estimate of drug-likeness (QED) is 0.0608. The van der Waals surface area contributed by atoms with Gasteiger partial charge in [-0.05, 0) is 37.5 Å². The van der Waals surface area contributed by atoms with Gasteiger partial charge in [0.05, 0.1) is 0 Å². The molecule has 3 nitrogen and oxygen atoms in total. The van der Waals surface area contributed by atoms with Gasteiger partial charge in [0.2, 0.25) is 0 Å². The fraction of sp³-hybridized carbons (Fsp3) is 0.941. The third-order valence-corrected chi connectivity index (χ3v) is 8.56. The lowest BCUT2D eigenvalue weighted by Gasteiger charge is -2.17. The van der Waals surface area contributed by atoms with Gasteiger partial charge in [-0.15, -0.1) is 25.3 Å². The number of ether oxygens (including phenoxy) is 1. The second kappa shape index (κ2) is 30.9. The molecule has 232 valence electrons. The maximum atomic E-state index is 11.6. The van der Waals surface area contributed by atoms with Crippen LogP contribution in [0.3, 0.4) is 0 Å². The lowest BCUT2D eigenvalue weighted by molar-refractivity contribution is -0.112. The van der Waals surface area contributed by atoms with E-state index in [2.05, 4.69) is 39.1 Å². The van der Waals surface area contributed by atoms with Gasteiger partial charge in [-0.3, -0.25) is 9.59 Å². The predicted octanol–water partition coefficient (Wildman–Crippen LogP) is 11.3. The van der Waals surface area contributed by atoms with E-state index in [4.69, 9.17) is 4.74 Å². The van der Waals surface area contributed by atoms with E-state index in [1.807, 2.05) is 0 Å². The Labute approximate surface area is 255 Å². The van der Waals surface area contributed by atoms with Crippen LogP contribution in [0.25, 0.3) is 0 Å². The smallest absolute Gasteiger partial charge is 0.186 e. The molecule has 0 saturated heterocycles. The molecule has 5 heteroatoms. The van der Waals surface area contributed by atoms with Crippen molar-refractivity contribution in [2.45, 2.75) is 181 Å². The van der Waals surface area contributed by atoms with E-state index in [0.717, 1.165) is 25.7 Å². The first-order chi connectivity index (χ1) is 19.0. The normalized spacial score (nSPS) is 13.0. The molecule has 0 spiro atoms. The van der Waals surface area contributed by atoms with Gasteiger partial charge in [-0.1, -0.05) is 142 Å². The van der Waals surface area contributed by atoms with Crippen LogP contribution in [0.15, 0.2) is 0 Å². The summed E-state index contributed by atoms with van der Waals surface area (Å²) in [6.45, 7) is 5.93. The Hall–Kier alpha value is -0.0000000000000000555. The zero-order valence-electron chi connectivity index (χ0n) is 26.1. The molecule has 0 aromatic heterocycles. The maximum Gasteiger partial charge on any atom is 0.186 e. The van der Waals surface area contributed by atoms with Crippen molar-refractivity contribution in [3.05, 3.63) is 0 Å². The van der Waals surface area contributed by atoms with Crippen LogP contribution in [0.2, 0.25) is 0 Å². The minimum absolute atomic E-state index is 0.00377. The summed E-state index contributed by atoms with van der Waals surface area (Å²) in [5.74, 6) is 0.760. The van der Waals surface area contributed by atoms with Crippen LogP contribution < -0.4 is 0 Å². The average molecular weight is 587 g/mol. The summed E-state index contributed by atoms with van der Waals surface area (Å²) in [6, 6.07) is 0. The van der Waals surface area contributed by atoms with Crippen LogP contribution in [0.5, 0.6) is 0 Å². The van der Waals surface area contributed by atoms with Gasteiger partial charge in [0.25, 0.3) is 0 Å². The Bertz CT molecular complexity index is 495. The number of hydrogen-bond acceptors (Lipinski definition) is 3. The monoisotopic (exact) mass is 586 g/mol. The first-order valence-electron chi connectivity index (χ1n) is 17.0. The summed E-state index contributed by atoms with van der Waals surface area (Å²) in [4.78, 5) is 23.3. The average Bonchev–Trinajstić information content (AvgIpc) is 2.89. The molecule has 0 aromatic rings. The highest BCUT2D eigenvalue weighted by Gasteiger charge is 2.14. The van der Waals surface area contributed by atoms with Crippen molar-refractivity contribution < 1.29 is 14.3 Å². The van der Waals surface area contributed by atoms with Crippen LogP contribution in [0.4, 0.5) is 0 Å². The summed E-state index contributed by atoms with van der Waals surface area (Å²) in [6.07, 6.45) is 31.9. The van der Waals surface area contributed by atoms with Gasteiger partial charge in [-0.2, -0.15) is 0 Å². The van der Waals surface area contributed by atoms with Crippen LogP contribution in [0.1, 0.15) is 181 Å². The van der Waals surface area contributed by atoms with Gasteiger partial charge in [0.1, 0.15) is 0 Å². The molecule has 2 unspecified atom stereocenters. The van der Waals surface area contributed by atoms with Gasteiger partial charge < -0.3 is 4.74 Å². The number of carbonyl (C=O) groups is 2. The number of unbranched alkanes of at least 4 members (excludes halogenated alkanes) is 18. The SMILES string of the molecule is CCCCCCCCCCCCC(CCOCCC(CCCCCCCCCCCC)CC(=O)S)CC(=O)S. The van der Waals surface area contributed by atoms with E-state index in [9.17, 15) is 9.59 Å². The van der Waals surface area contributed by atoms with E-state index >= 15 is 0 Å². The zero-order valence-corrected chi connectivity index (χ0v) is 27.9. The van der Waals surface area contributed by atoms with E-state index in [-0.39, 0.29) is 10.2 Å². The van der Waals surface area contributed by atoms with Crippen molar-refractivity contribution in [3.8, 4) is 0 Å².